The van der Waals surface area contributed by atoms with Crippen molar-refractivity contribution in [2.45, 2.75) is 53.9 Å². The van der Waals surface area contributed by atoms with Gasteiger partial charge in [0.15, 0.2) is 0 Å². The molecule has 1 rings (SSSR count). The zero-order valence-corrected chi connectivity index (χ0v) is 13.6. The van der Waals surface area contributed by atoms with E-state index in [0.717, 1.165) is 25.9 Å². The normalized spacial score (nSPS) is 13.8. The minimum absolute atomic E-state index is 0.317. The van der Waals surface area contributed by atoms with Gasteiger partial charge in [0.2, 0.25) is 0 Å². The third-order valence-corrected chi connectivity index (χ3v) is 3.89. The molecule has 1 aromatic rings. The lowest BCUT2D eigenvalue weighted by molar-refractivity contribution is 0.228. The fraction of sp³-hybridized carbons (Fsp3) is 0.812. The van der Waals surface area contributed by atoms with Crippen molar-refractivity contribution in [3.05, 3.63) is 17.5 Å². The van der Waals surface area contributed by atoms with Gasteiger partial charge in [0.25, 0.3) is 0 Å². The summed E-state index contributed by atoms with van der Waals surface area (Å²) in [4.78, 5) is 0. The molecule has 1 N–H and O–H groups in total. The Morgan fingerprint density at radius 3 is 2.47 bits per heavy atom. The van der Waals surface area contributed by atoms with Crippen molar-refractivity contribution in [1.82, 2.24) is 15.1 Å². The van der Waals surface area contributed by atoms with Crippen LogP contribution in [-0.4, -0.2) is 22.9 Å². The second-order valence-corrected chi connectivity index (χ2v) is 6.58. The van der Waals surface area contributed by atoms with Crippen molar-refractivity contribution in [1.29, 1.82) is 0 Å². The second kappa shape index (κ2) is 7.09. The molecular weight excluding hydrogens is 234 g/mol. The zero-order chi connectivity index (χ0) is 14.5. The van der Waals surface area contributed by atoms with Crippen LogP contribution in [0.1, 0.15) is 52.4 Å². The lowest BCUT2D eigenvalue weighted by Crippen LogP contribution is -2.34. The summed E-state index contributed by atoms with van der Waals surface area (Å²) in [6.07, 6.45) is 3.31. The van der Waals surface area contributed by atoms with Gasteiger partial charge in [-0.1, -0.05) is 34.6 Å². The summed E-state index contributed by atoms with van der Waals surface area (Å²) in [5.41, 5.74) is 2.87. The lowest BCUT2D eigenvalue weighted by atomic mass is 9.78. The van der Waals surface area contributed by atoms with Crippen LogP contribution in [0.25, 0.3) is 0 Å². The maximum Gasteiger partial charge on any atom is 0.0624 e. The fourth-order valence-corrected chi connectivity index (χ4v) is 2.33. The van der Waals surface area contributed by atoms with Crippen LogP contribution in [0.15, 0.2) is 6.07 Å². The maximum absolute atomic E-state index is 4.56. The van der Waals surface area contributed by atoms with Crippen LogP contribution in [0.4, 0.5) is 0 Å². The molecule has 0 saturated carbocycles. The van der Waals surface area contributed by atoms with Crippen LogP contribution in [-0.2, 0) is 19.9 Å². The van der Waals surface area contributed by atoms with Crippen molar-refractivity contribution >= 4 is 0 Å². The van der Waals surface area contributed by atoms with Gasteiger partial charge in [-0.25, -0.2) is 0 Å². The Morgan fingerprint density at radius 2 is 2.00 bits per heavy atom. The van der Waals surface area contributed by atoms with Crippen molar-refractivity contribution in [3.63, 3.8) is 0 Å². The van der Waals surface area contributed by atoms with Crippen molar-refractivity contribution in [3.8, 4) is 0 Å². The predicted molar refractivity (Wildman–Crippen MR) is 82.4 cm³/mol. The molecule has 0 aliphatic carbocycles. The molecule has 0 spiro atoms. The molecule has 3 nitrogen and oxygen atoms in total. The summed E-state index contributed by atoms with van der Waals surface area (Å²) in [7, 11) is 2.06. The first-order valence-corrected chi connectivity index (χ1v) is 7.61. The highest BCUT2D eigenvalue weighted by Gasteiger charge is 2.25. The van der Waals surface area contributed by atoms with Crippen LogP contribution >= 0.6 is 0 Å². The van der Waals surface area contributed by atoms with Crippen LogP contribution < -0.4 is 5.32 Å². The molecule has 1 heterocycles. The van der Waals surface area contributed by atoms with Crippen LogP contribution in [0.2, 0.25) is 0 Å². The van der Waals surface area contributed by atoms with E-state index in [1.54, 1.807) is 0 Å². The van der Waals surface area contributed by atoms with Gasteiger partial charge in [0.1, 0.15) is 0 Å². The zero-order valence-electron chi connectivity index (χ0n) is 13.6. The topological polar surface area (TPSA) is 29.9 Å². The van der Waals surface area contributed by atoms with E-state index in [4.69, 9.17) is 0 Å². The number of nitrogens with one attached hydrogen (secondary N) is 1. The Balaban J connectivity index is 2.73. The van der Waals surface area contributed by atoms with Crippen LogP contribution in [0, 0.1) is 11.3 Å². The van der Waals surface area contributed by atoms with E-state index >= 15 is 0 Å². The number of nitrogens with zero attached hydrogens (tertiary/aromatic N) is 2. The van der Waals surface area contributed by atoms with E-state index < -0.39 is 0 Å². The molecule has 0 saturated heterocycles. The van der Waals surface area contributed by atoms with Crippen LogP contribution in [0.5, 0.6) is 0 Å². The van der Waals surface area contributed by atoms with Crippen molar-refractivity contribution in [2.24, 2.45) is 18.4 Å². The van der Waals surface area contributed by atoms with Gasteiger partial charge < -0.3 is 5.32 Å². The highest BCUT2D eigenvalue weighted by atomic mass is 15.3. The van der Waals surface area contributed by atoms with E-state index in [1.807, 2.05) is 0 Å². The fourth-order valence-electron chi connectivity index (χ4n) is 2.33. The monoisotopic (exact) mass is 265 g/mol. The molecule has 0 amide bonds. The van der Waals surface area contributed by atoms with E-state index in [9.17, 15) is 0 Å². The van der Waals surface area contributed by atoms with Gasteiger partial charge in [-0.2, -0.15) is 5.10 Å². The van der Waals surface area contributed by atoms with Crippen molar-refractivity contribution in [2.75, 3.05) is 13.1 Å². The largest absolute Gasteiger partial charge is 0.316 e. The number of hydrogen-bond acceptors (Lipinski definition) is 2. The first kappa shape index (κ1) is 16.2. The molecule has 1 unspecified atom stereocenters. The Kier molecular flexibility index (Phi) is 6.05. The smallest absolute Gasteiger partial charge is 0.0624 e. The molecular formula is C16H31N3. The van der Waals surface area contributed by atoms with Gasteiger partial charge >= 0.3 is 0 Å². The Bertz CT molecular complexity index is 374. The molecule has 0 fully saturated rings. The molecule has 0 radical (unpaired) electrons. The molecule has 0 aliphatic rings. The summed E-state index contributed by atoms with van der Waals surface area (Å²) >= 11 is 0. The van der Waals surface area contributed by atoms with Gasteiger partial charge in [-0.05, 0) is 49.8 Å². The summed E-state index contributed by atoms with van der Waals surface area (Å²) < 4.78 is 2.05. The van der Waals surface area contributed by atoms with Crippen molar-refractivity contribution < 1.29 is 0 Å². The summed E-state index contributed by atoms with van der Waals surface area (Å²) in [5, 5.41) is 8.13. The second-order valence-electron chi connectivity index (χ2n) is 6.58. The molecule has 1 aromatic heterocycles. The van der Waals surface area contributed by atoms with E-state index in [1.165, 1.54) is 17.8 Å². The minimum atomic E-state index is 0.317. The van der Waals surface area contributed by atoms with Gasteiger partial charge in [-0.3, -0.25) is 4.68 Å². The third kappa shape index (κ3) is 4.98. The summed E-state index contributed by atoms with van der Waals surface area (Å²) in [5.74, 6) is 0.638. The molecule has 1 atom stereocenters. The number of hydrogen-bond donors (Lipinski definition) is 1. The quantitative estimate of drug-likeness (QED) is 0.767. The standard InChI is InChI=1S/C16H31N3/c1-7-9-17-12-13(16(3,4)5)10-15-11-14(8-2)18-19(15)6/h11,13,17H,7-10,12H2,1-6H3. The summed E-state index contributed by atoms with van der Waals surface area (Å²) in [6.45, 7) is 13.6. The molecule has 110 valence electrons. The molecule has 0 aromatic carbocycles. The number of aromatic nitrogens is 2. The van der Waals surface area contributed by atoms with Gasteiger partial charge in [0, 0.05) is 12.7 Å². The Hall–Kier alpha value is -0.830. The predicted octanol–water partition coefficient (Wildman–Crippen LogP) is 3.19. The maximum atomic E-state index is 4.56. The average molecular weight is 265 g/mol. The SMILES string of the molecule is CCCNCC(Cc1cc(CC)nn1C)C(C)(C)C. The lowest BCUT2D eigenvalue weighted by Gasteiger charge is -2.31. The number of rotatable bonds is 7. The highest BCUT2D eigenvalue weighted by molar-refractivity contribution is 5.11. The third-order valence-electron chi connectivity index (χ3n) is 3.89. The molecule has 19 heavy (non-hydrogen) atoms. The molecule has 0 bridgehead atoms. The number of aryl methyl sites for hydroxylation is 2. The van der Waals surface area contributed by atoms with Gasteiger partial charge in [-0.15, -0.1) is 0 Å². The Morgan fingerprint density at radius 1 is 1.32 bits per heavy atom. The van der Waals surface area contributed by atoms with E-state index in [2.05, 4.69) is 62.8 Å². The average Bonchev–Trinajstić information content (AvgIpc) is 2.68. The Labute approximate surface area is 118 Å². The van der Waals surface area contributed by atoms with E-state index in [-0.39, 0.29) is 0 Å². The molecule has 0 aliphatic heterocycles. The van der Waals surface area contributed by atoms with E-state index in [0.29, 0.717) is 11.3 Å². The first-order chi connectivity index (χ1) is 8.88. The highest BCUT2D eigenvalue weighted by Crippen LogP contribution is 2.28. The van der Waals surface area contributed by atoms with Crippen LogP contribution in [0.3, 0.4) is 0 Å². The molecule has 3 heteroatoms. The first-order valence-electron chi connectivity index (χ1n) is 7.61. The van der Waals surface area contributed by atoms with Gasteiger partial charge in [0.05, 0.1) is 5.69 Å². The minimum Gasteiger partial charge on any atom is -0.316 e. The summed E-state index contributed by atoms with van der Waals surface area (Å²) in [6, 6.07) is 2.26.